The molecule has 70 heavy (non-hydrogen) atoms. The maximum Gasteiger partial charge on any atom is 0.257 e. The Kier molecular flexibility index (Phi) is 11.3. The molecule has 1 aromatic heterocycles. The second-order valence-electron chi connectivity index (χ2n) is 28.2. The summed E-state index contributed by atoms with van der Waals surface area (Å²) < 4.78 is 7.37. The van der Waals surface area contributed by atoms with Gasteiger partial charge in [0.05, 0.1) is 0 Å². The van der Waals surface area contributed by atoms with Gasteiger partial charge in [0.2, 0.25) is 5.88 Å². The van der Waals surface area contributed by atoms with Gasteiger partial charge in [-0.05, 0) is 153 Å². The van der Waals surface area contributed by atoms with Crippen LogP contribution in [0.2, 0.25) is 0 Å². The molecular formula is C66H81BN2O. The molecule has 0 amide bonds. The van der Waals surface area contributed by atoms with Crippen molar-refractivity contribution < 1.29 is 4.42 Å². The van der Waals surface area contributed by atoms with Crippen molar-refractivity contribution in [3.63, 3.8) is 0 Å². The van der Waals surface area contributed by atoms with E-state index in [1.807, 2.05) is 0 Å². The third kappa shape index (κ3) is 8.74. The molecule has 0 saturated carbocycles. The van der Waals surface area contributed by atoms with E-state index in [0.717, 1.165) is 17.2 Å². The van der Waals surface area contributed by atoms with Crippen molar-refractivity contribution in [1.82, 2.24) is 0 Å². The van der Waals surface area contributed by atoms with Gasteiger partial charge in [-0.2, -0.15) is 0 Å². The van der Waals surface area contributed by atoms with Crippen molar-refractivity contribution in [2.24, 2.45) is 0 Å². The Morgan fingerprint density at radius 3 is 1.26 bits per heavy atom. The van der Waals surface area contributed by atoms with Crippen LogP contribution in [0.4, 0.5) is 34.3 Å². The Balaban J connectivity index is 1.46. The van der Waals surface area contributed by atoms with E-state index in [2.05, 4.69) is 264 Å². The minimum Gasteiger partial charge on any atom is -0.440 e. The maximum absolute atomic E-state index is 7.37. The molecule has 3 nitrogen and oxygen atoms in total. The van der Waals surface area contributed by atoms with Crippen LogP contribution in [0, 0.1) is 0 Å². The SMILES string of the molecule is CC(C)(C)c1ccc(N2c3cc(C(C)(C)C)cc4c3B(c3cc(-c5cc(C(C)(C)C)cc(C(C)(C)C)c5)ccc3N4c3cc(C(C)(C)C)cc(C(C)(C)C)c3)c3c2oc2ccc(C(C)(C)C)cc32)cc1. The number of hydrogen-bond donors (Lipinski definition) is 0. The van der Waals surface area contributed by atoms with Gasteiger partial charge in [-0.25, -0.2) is 0 Å². The average molecular weight is 929 g/mol. The van der Waals surface area contributed by atoms with Gasteiger partial charge in [-0.15, -0.1) is 0 Å². The molecule has 0 saturated heterocycles. The molecule has 7 aromatic rings. The van der Waals surface area contributed by atoms with E-state index in [9.17, 15) is 0 Å². The van der Waals surface area contributed by atoms with Crippen LogP contribution in [0.1, 0.15) is 184 Å². The fourth-order valence-electron chi connectivity index (χ4n) is 10.5. The van der Waals surface area contributed by atoms with E-state index < -0.39 is 0 Å². The normalized spacial score (nSPS) is 14.6. The van der Waals surface area contributed by atoms with E-state index in [1.165, 1.54) is 94.6 Å². The summed E-state index contributed by atoms with van der Waals surface area (Å²) in [5.41, 5.74) is 22.1. The third-order valence-electron chi connectivity index (χ3n) is 15.3. The first-order chi connectivity index (χ1) is 32.1. The highest BCUT2D eigenvalue weighted by atomic mass is 16.4. The highest BCUT2D eigenvalue weighted by Gasteiger charge is 2.47. The lowest BCUT2D eigenvalue weighted by Crippen LogP contribution is -2.61. The van der Waals surface area contributed by atoms with Gasteiger partial charge >= 0.3 is 0 Å². The van der Waals surface area contributed by atoms with Crippen LogP contribution in [0.5, 0.6) is 0 Å². The van der Waals surface area contributed by atoms with Crippen molar-refractivity contribution in [3.05, 3.63) is 148 Å². The van der Waals surface area contributed by atoms with Crippen molar-refractivity contribution >= 4 is 68.4 Å². The summed E-state index contributed by atoms with van der Waals surface area (Å²) in [5, 5.41) is 1.18. The van der Waals surface area contributed by atoms with Crippen LogP contribution in [0.25, 0.3) is 22.1 Å². The number of benzene rings is 6. The predicted octanol–water partition coefficient (Wildman–Crippen LogP) is 17.3. The molecular weight excluding hydrogens is 848 g/mol. The van der Waals surface area contributed by atoms with Gasteiger partial charge in [-0.1, -0.05) is 200 Å². The molecule has 9 rings (SSSR count). The van der Waals surface area contributed by atoms with E-state index in [1.54, 1.807) is 0 Å². The Morgan fingerprint density at radius 1 is 0.329 bits per heavy atom. The number of nitrogens with zero attached hydrogens (tertiary/aromatic N) is 2. The summed E-state index contributed by atoms with van der Waals surface area (Å²) in [6.45, 7) is 48.9. The Hall–Kier alpha value is -5.48. The van der Waals surface area contributed by atoms with E-state index in [4.69, 9.17) is 4.42 Å². The fourth-order valence-corrected chi connectivity index (χ4v) is 10.5. The first kappa shape index (κ1) is 49.5. The van der Waals surface area contributed by atoms with Crippen molar-refractivity contribution in [2.45, 2.75) is 183 Å². The van der Waals surface area contributed by atoms with E-state index in [0.29, 0.717) is 0 Å². The molecule has 0 N–H and O–H groups in total. The Labute approximate surface area is 423 Å². The molecule has 0 fully saturated rings. The van der Waals surface area contributed by atoms with Crippen LogP contribution >= 0.6 is 0 Å². The summed E-state index contributed by atoms with van der Waals surface area (Å²) in [5.74, 6) is 0.901. The molecule has 364 valence electrons. The van der Waals surface area contributed by atoms with E-state index >= 15 is 0 Å². The lowest BCUT2D eigenvalue weighted by atomic mass is 9.33. The molecule has 0 atom stereocenters. The fraction of sp³-hybridized carbons (Fsp3) is 0.424. The predicted molar refractivity (Wildman–Crippen MR) is 307 cm³/mol. The van der Waals surface area contributed by atoms with Crippen LogP contribution in [-0.2, 0) is 37.9 Å². The summed E-state index contributed by atoms with van der Waals surface area (Å²) >= 11 is 0. The summed E-state index contributed by atoms with van der Waals surface area (Å²) in [6.07, 6.45) is 0. The van der Waals surface area contributed by atoms with Crippen molar-refractivity contribution in [1.29, 1.82) is 0 Å². The maximum atomic E-state index is 7.37. The van der Waals surface area contributed by atoms with Crippen LogP contribution in [-0.4, -0.2) is 6.71 Å². The Morgan fingerprint density at radius 2 is 0.771 bits per heavy atom. The van der Waals surface area contributed by atoms with Gasteiger partial charge in [0.1, 0.15) is 5.58 Å². The monoisotopic (exact) mass is 929 g/mol. The molecule has 0 radical (unpaired) electrons. The zero-order valence-electron chi connectivity index (χ0n) is 46.8. The standard InChI is InChI=1S/C66H81BN2O/c1-60(2,3)42-23-26-49(27-24-42)69-55-39-48(66(19,20)21)38-54-58(55)67(57-51-37-43(61(4,5)6)25-29-56(51)70-59(57)69)52-32-40(41-30-44(62(7,8)9)33-45(31-41)63(10,11)12)22-28-53(52)68(54)50-35-46(64(13,14)15)34-47(36-50)65(16,17)18/h22-39H,1-21H3. The van der Waals surface area contributed by atoms with Crippen LogP contribution in [0.15, 0.2) is 114 Å². The zero-order valence-corrected chi connectivity index (χ0v) is 46.8. The average Bonchev–Trinajstić information content (AvgIpc) is 3.62. The summed E-state index contributed by atoms with van der Waals surface area (Å²) in [7, 11) is 0. The lowest BCUT2D eigenvalue weighted by Gasteiger charge is -2.44. The highest BCUT2D eigenvalue weighted by Crippen LogP contribution is 2.50. The van der Waals surface area contributed by atoms with Crippen LogP contribution < -0.4 is 26.2 Å². The molecule has 6 aromatic carbocycles. The molecule has 0 aliphatic carbocycles. The molecule has 4 heteroatoms. The first-order valence-electron chi connectivity index (χ1n) is 26.0. The van der Waals surface area contributed by atoms with Crippen LogP contribution in [0.3, 0.4) is 0 Å². The van der Waals surface area contributed by atoms with Gasteiger partial charge in [0.15, 0.2) is 0 Å². The molecule has 2 aliphatic rings. The van der Waals surface area contributed by atoms with Gasteiger partial charge in [-0.3, -0.25) is 4.90 Å². The topological polar surface area (TPSA) is 19.6 Å². The van der Waals surface area contributed by atoms with Crippen molar-refractivity contribution in [3.8, 4) is 11.1 Å². The molecule has 0 unspecified atom stereocenters. The number of hydrogen-bond acceptors (Lipinski definition) is 3. The molecule has 0 bridgehead atoms. The first-order valence-corrected chi connectivity index (χ1v) is 26.0. The molecule has 2 aliphatic heterocycles. The number of furan rings is 1. The van der Waals surface area contributed by atoms with Crippen molar-refractivity contribution in [2.75, 3.05) is 9.80 Å². The molecule has 0 spiro atoms. The van der Waals surface area contributed by atoms with E-state index in [-0.39, 0.29) is 44.6 Å². The minimum absolute atomic E-state index is 0.0141. The second-order valence-corrected chi connectivity index (χ2v) is 28.2. The summed E-state index contributed by atoms with van der Waals surface area (Å²) in [4.78, 5) is 5.10. The highest BCUT2D eigenvalue weighted by molar-refractivity contribution is 7.01. The lowest BCUT2D eigenvalue weighted by molar-refractivity contribution is 0.568. The van der Waals surface area contributed by atoms with Gasteiger partial charge < -0.3 is 9.32 Å². The number of rotatable bonds is 3. The van der Waals surface area contributed by atoms with Gasteiger partial charge in [0.25, 0.3) is 6.71 Å². The minimum atomic E-state index is -0.152. The number of fused-ring (bicyclic) bond motifs is 6. The largest absolute Gasteiger partial charge is 0.440 e. The summed E-state index contributed by atoms with van der Waals surface area (Å²) in [6, 6.07) is 43.4. The van der Waals surface area contributed by atoms with Gasteiger partial charge in [0, 0.05) is 39.3 Å². The quantitative estimate of drug-likeness (QED) is 0.165. The molecule has 3 heterocycles. The Bertz CT molecular complexity index is 3120. The number of anilines is 6. The zero-order chi connectivity index (χ0) is 51.2. The smallest absolute Gasteiger partial charge is 0.257 e. The third-order valence-corrected chi connectivity index (χ3v) is 15.3. The second kappa shape index (κ2) is 16.0.